The zero-order valence-corrected chi connectivity index (χ0v) is 10.7. The van der Waals surface area contributed by atoms with Gasteiger partial charge in [0.25, 0.3) is 0 Å². The van der Waals surface area contributed by atoms with Crippen molar-refractivity contribution in [2.24, 2.45) is 0 Å². The van der Waals surface area contributed by atoms with Gasteiger partial charge in [0.05, 0.1) is 7.11 Å². The van der Waals surface area contributed by atoms with Crippen LogP contribution < -0.4 is 20.7 Å². The highest BCUT2D eigenvalue weighted by molar-refractivity contribution is 5.91. The van der Waals surface area contributed by atoms with Crippen molar-refractivity contribution in [1.82, 2.24) is 15.3 Å². The molecule has 1 saturated heterocycles. The molecular formula is C11H17N5O2. The minimum Gasteiger partial charge on any atom is -0.479 e. The molecule has 7 nitrogen and oxygen atoms in total. The summed E-state index contributed by atoms with van der Waals surface area (Å²) < 4.78 is 5.07. The second-order valence-electron chi connectivity index (χ2n) is 4.59. The number of rotatable bonds is 2. The van der Waals surface area contributed by atoms with E-state index in [1.807, 2.05) is 18.7 Å². The third kappa shape index (κ3) is 1.81. The van der Waals surface area contributed by atoms with Crippen LogP contribution in [0.2, 0.25) is 0 Å². The topological polar surface area (TPSA) is 93.4 Å². The van der Waals surface area contributed by atoms with Gasteiger partial charge in [-0.15, -0.1) is 0 Å². The molecule has 1 fully saturated rings. The van der Waals surface area contributed by atoms with E-state index in [0.29, 0.717) is 30.5 Å². The van der Waals surface area contributed by atoms with E-state index in [1.165, 1.54) is 13.4 Å². The van der Waals surface area contributed by atoms with Crippen LogP contribution >= 0.6 is 0 Å². The normalized spacial score (nSPS) is 18.4. The van der Waals surface area contributed by atoms with Crippen molar-refractivity contribution >= 4 is 17.4 Å². The van der Waals surface area contributed by atoms with Gasteiger partial charge in [-0.3, -0.25) is 4.79 Å². The van der Waals surface area contributed by atoms with E-state index in [4.69, 9.17) is 10.5 Å². The highest BCUT2D eigenvalue weighted by atomic mass is 16.5. The molecule has 1 aromatic heterocycles. The lowest BCUT2D eigenvalue weighted by Gasteiger charge is -2.42. The number of carbonyl (C=O) groups excluding carboxylic acids is 1. The Labute approximate surface area is 105 Å². The van der Waals surface area contributed by atoms with Crippen molar-refractivity contribution in [3.63, 3.8) is 0 Å². The van der Waals surface area contributed by atoms with E-state index < -0.39 is 5.54 Å². The lowest BCUT2D eigenvalue weighted by Crippen LogP contribution is -2.62. The molecule has 0 atom stereocenters. The van der Waals surface area contributed by atoms with Gasteiger partial charge in [-0.1, -0.05) is 0 Å². The SMILES string of the molecule is COc1ncnc(N2CCNC(=O)C2(C)C)c1N. The second kappa shape index (κ2) is 4.32. The molecule has 18 heavy (non-hydrogen) atoms. The molecule has 1 amide bonds. The molecule has 0 radical (unpaired) electrons. The van der Waals surface area contributed by atoms with Gasteiger partial charge < -0.3 is 20.7 Å². The van der Waals surface area contributed by atoms with Crippen LogP contribution in [0.1, 0.15) is 13.8 Å². The third-order valence-corrected chi connectivity index (χ3v) is 3.13. The summed E-state index contributed by atoms with van der Waals surface area (Å²) in [5.41, 5.74) is 5.62. The quantitative estimate of drug-likeness (QED) is 0.755. The molecule has 1 aliphatic heterocycles. The fraction of sp³-hybridized carbons (Fsp3) is 0.545. The van der Waals surface area contributed by atoms with Crippen LogP contribution in [0.5, 0.6) is 5.88 Å². The number of nitrogens with two attached hydrogens (primary N) is 1. The van der Waals surface area contributed by atoms with Crippen molar-refractivity contribution < 1.29 is 9.53 Å². The summed E-state index contributed by atoms with van der Waals surface area (Å²) in [4.78, 5) is 21.9. The number of anilines is 2. The number of nitrogens with one attached hydrogen (secondary N) is 1. The summed E-state index contributed by atoms with van der Waals surface area (Å²) >= 11 is 0. The van der Waals surface area contributed by atoms with Crippen LogP contribution in [0.15, 0.2) is 6.33 Å². The average Bonchev–Trinajstić information content (AvgIpc) is 2.34. The summed E-state index contributed by atoms with van der Waals surface area (Å²) in [7, 11) is 1.50. The number of aromatic nitrogens is 2. The number of carbonyl (C=O) groups is 1. The van der Waals surface area contributed by atoms with Gasteiger partial charge in [-0.25, -0.2) is 4.98 Å². The molecule has 0 aliphatic carbocycles. The van der Waals surface area contributed by atoms with Crippen LogP contribution in [0, 0.1) is 0 Å². The predicted molar refractivity (Wildman–Crippen MR) is 67.4 cm³/mol. The van der Waals surface area contributed by atoms with E-state index in [9.17, 15) is 4.79 Å². The second-order valence-corrected chi connectivity index (χ2v) is 4.59. The zero-order valence-electron chi connectivity index (χ0n) is 10.7. The fourth-order valence-electron chi connectivity index (χ4n) is 2.02. The number of piperazine rings is 1. The molecule has 0 bridgehead atoms. The van der Waals surface area contributed by atoms with E-state index in [-0.39, 0.29) is 5.91 Å². The maximum Gasteiger partial charge on any atom is 0.245 e. The van der Waals surface area contributed by atoms with Gasteiger partial charge in [0.15, 0.2) is 5.82 Å². The Kier molecular flexibility index (Phi) is 2.98. The van der Waals surface area contributed by atoms with Gasteiger partial charge in [0.1, 0.15) is 17.6 Å². The Morgan fingerprint density at radius 3 is 2.89 bits per heavy atom. The average molecular weight is 251 g/mol. The summed E-state index contributed by atoms with van der Waals surface area (Å²) in [6.07, 6.45) is 1.38. The Bertz CT molecular complexity index is 475. The molecule has 0 aromatic carbocycles. The molecule has 1 aliphatic rings. The first-order chi connectivity index (χ1) is 8.48. The van der Waals surface area contributed by atoms with E-state index >= 15 is 0 Å². The van der Waals surface area contributed by atoms with E-state index in [1.54, 1.807) is 0 Å². The summed E-state index contributed by atoms with van der Waals surface area (Å²) in [6.45, 7) is 4.86. The minimum absolute atomic E-state index is 0.0503. The molecule has 1 aromatic rings. The smallest absolute Gasteiger partial charge is 0.245 e. The maximum atomic E-state index is 11.9. The van der Waals surface area contributed by atoms with E-state index in [2.05, 4.69) is 15.3 Å². The lowest BCUT2D eigenvalue weighted by molar-refractivity contribution is -0.126. The number of ether oxygens (including phenoxy) is 1. The molecular weight excluding hydrogens is 234 g/mol. The van der Waals surface area contributed by atoms with Gasteiger partial charge >= 0.3 is 0 Å². The van der Waals surface area contributed by atoms with Crippen LogP contribution in [0.4, 0.5) is 11.5 Å². The van der Waals surface area contributed by atoms with Crippen LogP contribution in [0.25, 0.3) is 0 Å². The summed E-state index contributed by atoms with van der Waals surface area (Å²) in [5.74, 6) is 0.800. The number of hydrogen-bond donors (Lipinski definition) is 2. The van der Waals surface area contributed by atoms with Gasteiger partial charge in [-0.2, -0.15) is 4.98 Å². The maximum absolute atomic E-state index is 11.9. The molecule has 2 heterocycles. The van der Waals surface area contributed by atoms with E-state index in [0.717, 1.165) is 0 Å². The molecule has 0 saturated carbocycles. The Hall–Kier alpha value is -2.05. The fourth-order valence-corrected chi connectivity index (χ4v) is 2.02. The minimum atomic E-state index is -0.703. The first-order valence-electron chi connectivity index (χ1n) is 5.69. The van der Waals surface area contributed by atoms with Crippen molar-refractivity contribution in [3.05, 3.63) is 6.33 Å². The Balaban J connectivity index is 2.45. The highest BCUT2D eigenvalue weighted by Crippen LogP contribution is 2.32. The van der Waals surface area contributed by atoms with Crippen molar-refractivity contribution in [2.75, 3.05) is 30.8 Å². The number of nitrogen functional groups attached to an aromatic ring is 1. The predicted octanol–water partition coefficient (Wildman–Crippen LogP) is -0.218. The van der Waals surface area contributed by atoms with Gasteiger partial charge in [0, 0.05) is 13.1 Å². The first kappa shape index (κ1) is 12.4. The number of amides is 1. The third-order valence-electron chi connectivity index (χ3n) is 3.13. The zero-order chi connectivity index (χ0) is 13.3. The largest absolute Gasteiger partial charge is 0.479 e. The van der Waals surface area contributed by atoms with Crippen LogP contribution in [-0.2, 0) is 4.79 Å². The van der Waals surface area contributed by atoms with Gasteiger partial charge in [-0.05, 0) is 13.8 Å². The van der Waals surface area contributed by atoms with Crippen molar-refractivity contribution in [2.45, 2.75) is 19.4 Å². The molecule has 3 N–H and O–H groups in total. The van der Waals surface area contributed by atoms with Crippen molar-refractivity contribution in [1.29, 1.82) is 0 Å². The lowest BCUT2D eigenvalue weighted by atomic mass is 9.99. The number of methoxy groups -OCH3 is 1. The van der Waals surface area contributed by atoms with Gasteiger partial charge in [0.2, 0.25) is 11.8 Å². The molecule has 98 valence electrons. The first-order valence-corrected chi connectivity index (χ1v) is 5.69. The summed E-state index contributed by atoms with van der Waals surface area (Å²) in [5, 5.41) is 2.82. The summed E-state index contributed by atoms with van der Waals surface area (Å²) in [6, 6.07) is 0. The Morgan fingerprint density at radius 1 is 1.50 bits per heavy atom. The number of hydrogen-bond acceptors (Lipinski definition) is 6. The molecule has 0 spiro atoms. The number of nitrogens with zero attached hydrogens (tertiary/aromatic N) is 3. The standard InChI is InChI=1S/C11H17N5O2/c1-11(2)10(17)13-4-5-16(11)8-7(12)9(18-3)15-6-14-8/h6H,4-5,12H2,1-3H3,(H,13,17). The Morgan fingerprint density at radius 2 is 2.22 bits per heavy atom. The van der Waals surface area contributed by atoms with Crippen LogP contribution in [0.3, 0.4) is 0 Å². The molecule has 7 heteroatoms. The monoisotopic (exact) mass is 251 g/mol. The highest BCUT2D eigenvalue weighted by Gasteiger charge is 2.39. The van der Waals surface area contributed by atoms with Crippen LogP contribution in [-0.4, -0.2) is 41.6 Å². The van der Waals surface area contributed by atoms with Crippen molar-refractivity contribution in [3.8, 4) is 5.88 Å². The molecule has 0 unspecified atom stereocenters. The molecule has 2 rings (SSSR count).